The molecule has 6 nitrogen and oxygen atoms in total. The lowest BCUT2D eigenvalue weighted by molar-refractivity contribution is -0.144. The van der Waals surface area contributed by atoms with E-state index in [1.54, 1.807) is 16.1 Å². The third-order valence-corrected chi connectivity index (χ3v) is 5.46. The van der Waals surface area contributed by atoms with Crippen LogP contribution in [0.4, 0.5) is 0 Å². The summed E-state index contributed by atoms with van der Waals surface area (Å²) >= 11 is 0. The summed E-state index contributed by atoms with van der Waals surface area (Å²) in [6.45, 7) is 14.4. The molecule has 0 saturated carbocycles. The molecular formula is C24H40N2O4. The second-order valence-electron chi connectivity index (χ2n) is 10.2. The summed E-state index contributed by atoms with van der Waals surface area (Å²) in [5.74, 6) is 1.00. The fraction of sp³-hybridized carbons (Fsp3) is 0.750. The molecule has 0 bridgehead atoms. The van der Waals surface area contributed by atoms with Crippen molar-refractivity contribution in [2.45, 2.75) is 85.9 Å². The van der Waals surface area contributed by atoms with Crippen LogP contribution < -0.4 is 0 Å². The fourth-order valence-electron chi connectivity index (χ4n) is 4.22. The predicted octanol–water partition coefficient (Wildman–Crippen LogP) is 4.49. The van der Waals surface area contributed by atoms with Crippen molar-refractivity contribution in [3.63, 3.8) is 0 Å². The van der Waals surface area contributed by atoms with Crippen molar-refractivity contribution in [1.82, 2.24) is 9.80 Å². The molecule has 2 rings (SSSR count). The Bertz CT molecular complexity index is 657. The SMILES string of the molecule is CC(C)N(CC(=O)N(Cc1ccco1)C[C@H]1CCCO1)C(=O)C[C@H](C)CC(C)(C)C. The molecule has 170 valence electrons. The number of nitrogens with zero attached hydrogens (tertiary/aromatic N) is 2. The van der Waals surface area contributed by atoms with Crippen LogP contribution in [0.3, 0.4) is 0 Å². The van der Waals surface area contributed by atoms with Crippen molar-refractivity contribution in [3.05, 3.63) is 24.2 Å². The minimum atomic E-state index is -0.0626. The maximum absolute atomic E-state index is 13.2. The fourth-order valence-corrected chi connectivity index (χ4v) is 4.22. The summed E-state index contributed by atoms with van der Waals surface area (Å²) in [5, 5.41) is 0. The number of hydrogen-bond donors (Lipinski definition) is 0. The first-order chi connectivity index (χ1) is 14.0. The maximum atomic E-state index is 13.2. The van der Waals surface area contributed by atoms with Crippen LogP contribution in [0.1, 0.15) is 73.0 Å². The van der Waals surface area contributed by atoms with Gasteiger partial charge in [0.1, 0.15) is 5.76 Å². The molecule has 0 aromatic carbocycles. The molecule has 30 heavy (non-hydrogen) atoms. The van der Waals surface area contributed by atoms with Crippen LogP contribution >= 0.6 is 0 Å². The van der Waals surface area contributed by atoms with Crippen LogP contribution in [0.15, 0.2) is 22.8 Å². The van der Waals surface area contributed by atoms with Gasteiger partial charge in [0.05, 0.1) is 25.5 Å². The van der Waals surface area contributed by atoms with Crippen LogP contribution in [0.5, 0.6) is 0 Å². The van der Waals surface area contributed by atoms with Crippen LogP contribution in [-0.4, -0.2) is 53.5 Å². The molecule has 0 radical (unpaired) electrons. The molecule has 1 fully saturated rings. The zero-order valence-electron chi connectivity index (χ0n) is 19.6. The first-order valence-corrected chi connectivity index (χ1v) is 11.3. The minimum absolute atomic E-state index is 0.0310. The monoisotopic (exact) mass is 420 g/mol. The molecule has 1 aliphatic rings. The zero-order chi connectivity index (χ0) is 22.3. The quantitative estimate of drug-likeness (QED) is 0.560. The number of rotatable bonds is 10. The van der Waals surface area contributed by atoms with Gasteiger partial charge in [0, 0.05) is 25.6 Å². The summed E-state index contributed by atoms with van der Waals surface area (Å²) in [7, 11) is 0. The van der Waals surface area contributed by atoms with Crippen LogP contribution in [0.2, 0.25) is 0 Å². The second-order valence-corrected chi connectivity index (χ2v) is 10.2. The van der Waals surface area contributed by atoms with E-state index in [2.05, 4.69) is 27.7 Å². The van der Waals surface area contributed by atoms with E-state index < -0.39 is 0 Å². The third-order valence-electron chi connectivity index (χ3n) is 5.46. The Morgan fingerprint density at radius 3 is 2.47 bits per heavy atom. The molecule has 2 atom stereocenters. The zero-order valence-corrected chi connectivity index (χ0v) is 19.6. The van der Waals surface area contributed by atoms with E-state index in [0.717, 1.165) is 31.6 Å². The third kappa shape index (κ3) is 8.13. The Labute approximate surface area is 181 Å². The number of carbonyl (C=O) groups is 2. The average Bonchev–Trinajstić information content (AvgIpc) is 3.30. The summed E-state index contributed by atoms with van der Waals surface area (Å²) in [4.78, 5) is 29.7. The van der Waals surface area contributed by atoms with Gasteiger partial charge in [-0.25, -0.2) is 0 Å². The second kappa shape index (κ2) is 11.0. The minimum Gasteiger partial charge on any atom is -0.467 e. The molecule has 0 spiro atoms. The standard InChI is InChI=1S/C24H40N2O4/c1-18(2)26(22(27)13-19(3)14-24(4,5)6)17-23(28)25(15-20-9-7-11-29-20)16-21-10-8-12-30-21/h7,9,11,18-19,21H,8,10,12-17H2,1-6H3/t19-,21+/m0/s1. The van der Waals surface area contributed by atoms with E-state index in [9.17, 15) is 9.59 Å². The van der Waals surface area contributed by atoms with Gasteiger partial charge in [0.2, 0.25) is 11.8 Å². The summed E-state index contributed by atoms with van der Waals surface area (Å²) in [6, 6.07) is 3.66. The van der Waals surface area contributed by atoms with Crippen molar-refractivity contribution >= 4 is 11.8 Å². The lowest BCUT2D eigenvalue weighted by Crippen LogP contribution is -2.47. The van der Waals surface area contributed by atoms with Crippen LogP contribution in [0.25, 0.3) is 0 Å². The highest BCUT2D eigenvalue weighted by molar-refractivity contribution is 5.85. The van der Waals surface area contributed by atoms with E-state index in [-0.39, 0.29) is 41.8 Å². The van der Waals surface area contributed by atoms with Gasteiger partial charge >= 0.3 is 0 Å². The Morgan fingerprint density at radius 1 is 1.20 bits per heavy atom. The number of furan rings is 1. The van der Waals surface area contributed by atoms with Gasteiger partial charge in [0.15, 0.2) is 0 Å². The highest BCUT2D eigenvalue weighted by Gasteiger charge is 2.28. The van der Waals surface area contributed by atoms with E-state index in [0.29, 0.717) is 19.5 Å². The molecule has 6 heteroatoms. The Kier molecular flexibility index (Phi) is 8.95. The normalized spacial score (nSPS) is 17.9. The van der Waals surface area contributed by atoms with Gasteiger partial charge in [-0.15, -0.1) is 0 Å². The van der Waals surface area contributed by atoms with Gasteiger partial charge in [-0.3, -0.25) is 9.59 Å². The van der Waals surface area contributed by atoms with E-state index in [1.165, 1.54) is 0 Å². The Hall–Kier alpha value is -1.82. The van der Waals surface area contributed by atoms with Gasteiger partial charge < -0.3 is 19.0 Å². The Morgan fingerprint density at radius 2 is 1.93 bits per heavy atom. The lowest BCUT2D eigenvalue weighted by atomic mass is 9.84. The number of carbonyl (C=O) groups excluding carboxylic acids is 2. The molecule has 1 aromatic heterocycles. The molecule has 1 aromatic rings. The molecule has 0 aliphatic carbocycles. The number of amides is 2. The highest BCUT2D eigenvalue weighted by atomic mass is 16.5. The van der Waals surface area contributed by atoms with Gasteiger partial charge in [-0.2, -0.15) is 0 Å². The maximum Gasteiger partial charge on any atom is 0.242 e. The van der Waals surface area contributed by atoms with Gasteiger partial charge in [-0.05, 0) is 56.6 Å². The number of hydrogen-bond acceptors (Lipinski definition) is 4. The lowest BCUT2D eigenvalue weighted by Gasteiger charge is -2.32. The van der Waals surface area contributed by atoms with Crippen molar-refractivity contribution < 1.29 is 18.7 Å². The number of ether oxygens (including phenoxy) is 1. The van der Waals surface area contributed by atoms with Crippen molar-refractivity contribution in [2.75, 3.05) is 19.7 Å². The molecule has 0 N–H and O–H groups in total. The topological polar surface area (TPSA) is 63.0 Å². The van der Waals surface area contributed by atoms with E-state index in [4.69, 9.17) is 9.15 Å². The van der Waals surface area contributed by atoms with Crippen molar-refractivity contribution in [3.8, 4) is 0 Å². The summed E-state index contributed by atoms with van der Waals surface area (Å²) in [6.07, 6.45) is 5.09. The van der Waals surface area contributed by atoms with Gasteiger partial charge in [-0.1, -0.05) is 27.7 Å². The highest BCUT2D eigenvalue weighted by Crippen LogP contribution is 2.26. The Balaban J connectivity index is 2.03. The van der Waals surface area contributed by atoms with Gasteiger partial charge in [0.25, 0.3) is 0 Å². The molecule has 0 unspecified atom stereocenters. The first-order valence-electron chi connectivity index (χ1n) is 11.3. The van der Waals surface area contributed by atoms with Crippen molar-refractivity contribution in [1.29, 1.82) is 0 Å². The van der Waals surface area contributed by atoms with Crippen molar-refractivity contribution in [2.24, 2.45) is 11.3 Å². The van der Waals surface area contributed by atoms with Crippen LogP contribution in [-0.2, 0) is 20.9 Å². The summed E-state index contributed by atoms with van der Waals surface area (Å²) < 4.78 is 11.2. The first kappa shape index (κ1) is 24.4. The van der Waals surface area contributed by atoms with Crippen LogP contribution in [0, 0.1) is 11.3 Å². The van der Waals surface area contributed by atoms with E-state index in [1.807, 2.05) is 26.0 Å². The van der Waals surface area contributed by atoms with E-state index >= 15 is 0 Å². The molecule has 1 saturated heterocycles. The molecule has 2 heterocycles. The predicted molar refractivity (Wildman–Crippen MR) is 118 cm³/mol. The largest absolute Gasteiger partial charge is 0.467 e. The smallest absolute Gasteiger partial charge is 0.242 e. The summed E-state index contributed by atoms with van der Waals surface area (Å²) in [5.41, 5.74) is 0.180. The molecule has 1 aliphatic heterocycles. The molecular weight excluding hydrogens is 380 g/mol. The molecule has 2 amide bonds. The average molecular weight is 421 g/mol.